The highest BCUT2D eigenvalue weighted by Gasteiger charge is 2.42. The fourth-order valence-corrected chi connectivity index (χ4v) is 7.42. The zero-order chi connectivity index (χ0) is 22.2. The summed E-state index contributed by atoms with van der Waals surface area (Å²) in [6.07, 6.45) is 9.23. The Morgan fingerprint density at radius 1 is 1.00 bits per heavy atom. The van der Waals surface area contributed by atoms with E-state index in [-0.39, 0.29) is 21.7 Å². The topological polar surface area (TPSA) is 57.7 Å². The van der Waals surface area contributed by atoms with E-state index >= 15 is 0 Å². The van der Waals surface area contributed by atoms with Gasteiger partial charge in [0.2, 0.25) is 15.9 Å². The first kappa shape index (κ1) is 23.3. The van der Waals surface area contributed by atoms with Crippen molar-refractivity contribution in [3.8, 4) is 0 Å². The Bertz CT molecular complexity index is 903. The number of carbonyl (C=O) groups is 1. The van der Waals surface area contributed by atoms with Crippen LogP contribution in [0.1, 0.15) is 64.7 Å². The van der Waals surface area contributed by atoms with Gasteiger partial charge < -0.3 is 4.90 Å². The van der Waals surface area contributed by atoms with Crippen molar-refractivity contribution in [1.82, 2.24) is 9.21 Å². The molecule has 3 fully saturated rings. The van der Waals surface area contributed by atoms with Gasteiger partial charge in [0.05, 0.1) is 5.02 Å². The Kier molecular flexibility index (Phi) is 7.21. The second kappa shape index (κ2) is 9.58. The molecule has 1 heterocycles. The minimum atomic E-state index is -3.73. The van der Waals surface area contributed by atoms with Crippen molar-refractivity contribution in [2.75, 3.05) is 13.1 Å². The lowest BCUT2D eigenvalue weighted by Crippen LogP contribution is -2.49. The van der Waals surface area contributed by atoms with Crippen LogP contribution < -0.4 is 0 Å². The van der Waals surface area contributed by atoms with Crippen molar-refractivity contribution >= 4 is 39.1 Å². The zero-order valence-electron chi connectivity index (χ0n) is 18.1. The van der Waals surface area contributed by atoms with Crippen LogP contribution in [-0.2, 0) is 14.8 Å². The van der Waals surface area contributed by atoms with Crippen LogP contribution in [-0.4, -0.2) is 48.7 Å². The second-order valence-corrected chi connectivity index (χ2v) is 12.1. The summed E-state index contributed by atoms with van der Waals surface area (Å²) in [7, 11) is -3.73. The zero-order valence-corrected chi connectivity index (χ0v) is 20.4. The van der Waals surface area contributed by atoms with Gasteiger partial charge in [0.1, 0.15) is 4.90 Å². The van der Waals surface area contributed by atoms with Gasteiger partial charge in [0.15, 0.2) is 0 Å². The molecule has 0 aromatic heterocycles. The van der Waals surface area contributed by atoms with E-state index in [0.717, 1.165) is 31.6 Å². The minimum absolute atomic E-state index is 0.0405. The first-order valence-corrected chi connectivity index (χ1v) is 13.8. The molecule has 172 valence electrons. The molecule has 2 saturated carbocycles. The third kappa shape index (κ3) is 5.07. The lowest BCUT2D eigenvalue weighted by Gasteiger charge is -2.40. The first-order chi connectivity index (χ1) is 14.8. The molecular weight excluding hydrogens is 455 g/mol. The summed E-state index contributed by atoms with van der Waals surface area (Å²) >= 11 is 12.1. The van der Waals surface area contributed by atoms with Crippen molar-refractivity contribution in [3.63, 3.8) is 0 Å². The Hall–Kier alpha value is -0.820. The normalized spacial score (nSPS) is 26.0. The van der Waals surface area contributed by atoms with E-state index in [0.29, 0.717) is 43.0 Å². The molecule has 31 heavy (non-hydrogen) atoms. The molecule has 0 N–H and O–H groups in total. The lowest BCUT2D eigenvalue weighted by atomic mass is 9.83. The average molecular weight is 487 g/mol. The predicted molar refractivity (Wildman–Crippen MR) is 124 cm³/mol. The first-order valence-electron chi connectivity index (χ1n) is 11.6. The molecule has 8 heteroatoms. The summed E-state index contributed by atoms with van der Waals surface area (Å²) < 4.78 is 27.6. The highest BCUT2D eigenvalue weighted by molar-refractivity contribution is 7.89. The smallest absolute Gasteiger partial charge is 0.244 e. The molecule has 4 rings (SSSR count). The molecule has 0 bridgehead atoms. The second-order valence-electron chi connectivity index (χ2n) is 9.31. The van der Waals surface area contributed by atoms with Gasteiger partial charge in [-0.1, -0.05) is 36.5 Å². The van der Waals surface area contributed by atoms with Gasteiger partial charge in [-0.25, -0.2) is 8.42 Å². The molecule has 1 amide bonds. The van der Waals surface area contributed by atoms with Crippen LogP contribution in [0.3, 0.4) is 0 Å². The minimum Gasteiger partial charge on any atom is -0.336 e. The standard InChI is InChI=1S/C23H32Cl2N2O3S/c1-2-16-3-6-19(7-4-16)27(20-8-9-20)23(28)17-11-13-26(14-12-17)31(29,30)22-15-18(24)5-10-21(22)25/h5,10,15-17,19-20H,2-4,6-9,11-14H2,1H3. The number of hydrogen-bond donors (Lipinski definition) is 0. The molecule has 0 spiro atoms. The van der Waals surface area contributed by atoms with Gasteiger partial charge in [0, 0.05) is 36.1 Å². The number of halogens is 2. The van der Waals surface area contributed by atoms with E-state index in [4.69, 9.17) is 23.2 Å². The van der Waals surface area contributed by atoms with Crippen LogP contribution in [0.2, 0.25) is 10.0 Å². The van der Waals surface area contributed by atoms with Crippen LogP contribution in [0.15, 0.2) is 23.1 Å². The van der Waals surface area contributed by atoms with E-state index in [1.165, 1.54) is 35.7 Å². The third-order valence-electron chi connectivity index (χ3n) is 7.30. The monoisotopic (exact) mass is 486 g/mol. The third-order valence-corrected chi connectivity index (χ3v) is 9.91. The molecule has 0 atom stereocenters. The molecule has 1 aromatic carbocycles. The maximum Gasteiger partial charge on any atom is 0.244 e. The lowest BCUT2D eigenvalue weighted by molar-refractivity contribution is -0.140. The van der Waals surface area contributed by atoms with Crippen LogP contribution >= 0.6 is 23.2 Å². The fourth-order valence-electron chi connectivity index (χ4n) is 5.21. The Labute approximate surface area is 196 Å². The molecule has 5 nitrogen and oxygen atoms in total. The summed E-state index contributed by atoms with van der Waals surface area (Å²) in [4.78, 5) is 15.7. The maximum absolute atomic E-state index is 13.5. The summed E-state index contributed by atoms with van der Waals surface area (Å²) in [5.41, 5.74) is 0. The van der Waals surface area contributed by atoms with Crippen LogP contribution in [0.25, 0.3) is 0 Å². The van der Waals surface area contributed by atoms with Gasteiger partial charge in [-0.2, -0.15) is 4.31 Å². The highest BCUT2D eigenvalue weighted by Crippen LogP contribution is 2.38. The summed E-state index contributed by atoms with van der Waals surface area (Å²) in [6.45, 7) is 2.93. The van der Waals surface area contributed by atoms with Crippen LogP contribution in [0, 0.1) is 11.8 Å². The van der Waals surface area contributed by atoms with Crippen molar-refractivity contribution in [2.45, 2.75) is 81.7 Å². The summed E-state index contributed by atoms with van der Waals surface area (Å²) in [5.74, 6) is 0.963. The molecule has 0 unspecified atom stereocenters. The number of carbonyl (C=O) groups excluding carboxylic acids is 1. The molecular formula is C23H32Cl2N2O3S. The number of rotatable bonds is 6. The molecule has 1 aliphatic heterocycles. The molecule has 2 aliphatic carbocycles. The molecule has 1 aromatic rings. The van der Waals surface area contributed by atoms with Gasteiger partial charge in [-0.3, -0.25) is 4.79 Å². The Morgan fingerprint density at radius 2 is 1.58 bits per heavy atom. The van der Waals surface area contributed by atoms with E-state index in [1.54, 1.807) is 6.07 Å². The number of piperidine rings is 1. The largest absolute Gasteiger partial charge is 0.336 e. The number of benzene rings is 1. The molecule has 0 radical (unpaired) electrons. The Balaban J connectivity index is 1.40. The van der Waals surface area contributed by atoms with E-state index in [9.17, 15) is 13.2 Å². The van der Waals surface area contributed by atoms with Crippen molar-refractivity contribution < 1.29 is 13.2 Å². The summed E-state index contributed by atoms with van der Waals surface area (Å²) in [6, 6.07) is 5.26. The SMILES string of the molecule is CCC1CCC(N(C(=O)C2CCN(S(=O)(=O)c3cc(Cl)ccc3Cl)CC2)C2CC2)CC1. The van der Waals surface area contributed by atoms with E-state index in [2.05, 4.69) is 11.8 Å². The van der Waals surface area contributed by atoms with Gasteiger partial charge in [0.25, 0.3) is 0 Å². The molecule has 3 aliphatic rings. The predicted octanol–water partition coefficient (Wildman–Crippen LogP) is 5.35. The maximum atomic E-state index is 13.5. The number of nitrogens with zero attached hydrogens (tertiary/aromatic N) is 2. The Morgan fingerprint density at radius 3 is 2.13 bits per heavy atom. The van der Waals surface area contributed by atoms with Crippen molar-refractivity contribution in [3.05, 3.63) is 28.2 Å². The number of amides is 1. The van der Waals surface area contributed by atoms with Crippen LogP contribution in [0.4, 0.5) is 0 Å². The van der Waals surface area contributed by atoms with Crippen LogP contribution in [0.5, 0.6) is 0 Å². The fraction of sp³-hybridized carbons (Fsp3) is 0.696. The number of hydrogen-bond acceptors (Lipinski definition) is 3. The quantitative estimate of drug-likeness (QED) is 0.543. The number of sulfonamides is 1. The summed E-state index contributed by atoms with van der Waals surface area (Å²) in [5, 5.41) is 0.510. The van der Waals surface area contributed by atoms with Gasteiger partial charge in [-0.05, 0) is 75.5 Å². The van der Waals surface area contributed by atoms with Crippen molar-refractivity contribution in [2.24, 2.45) is 11.8 Å². The van der Waals surface area contributed by atoms with Gasteiger partial charge >= 0.3 is 0 Å². The van der Waals surface area contributed by atoms with E-state index in [1.807, 2.05) is 0 Å². The highest BCUT2D eigenvalue weighted by atomic mass is 35.5. The average Bonchev–Trinajstić information content (AvgIpc) is 3.61. The molecule has 1 saturated heterocycles. The van der Waals surface area contributed by atoms with Gasteiger partial charge in [-0.15, -0.1) is 0 Å². The van der Waals surface area contributed by atoms with Crippen molar-refractivity contribution in [1.29, 1.82) is 0 Å². The van der Waals surface area contributed by atoms with E-state index < -0.39 is 10.0 Å².